The molecule has 1 fully saturated rings. The average Bonchev–Trinajstić information content (AvgIpc) is 3.13. The van der Waals surface area contributed by atoms with Crippen LogP contribution in [0.1, 0.15) is 26.5 Å². The summed E-state index contributed by atoms with van der Waals surface area (Å²) in [6.07, 6.45) is 1.41. The highest BCUT2D eigenvalue weighted by Crippen LogP contribution is 2.18. The van der Waals surface area contributed by atoms with Crippen LogP contribution in [0.5, 0.6) is 0 Å². The van der Waals surface area contributed by atoms with E-state index in [-0.39, 0.29) is 42.0 Å². The zero-order chi connectivity index (χ0) is 20.3. The maximum atomic E-state index is 13.9. The van der Waals surface area contributed by atoms with Gasteiger partial charge in [0.05, 0.1) is 23.9 Å². The highest BCUT2D eigenvalue weighted by Gasteiger charge is 2.26. The Morgan fingerprint density at radius 3 is 2.43 bits per heavy atom. The normalized spacial score (nSPS) is 14.1. The number of furan rings is 1. The van der Waals surface area contributed by atoms with E-state index < -0.39 is 11.7 Å². The number of carbonyl (C=O) groups excluding carboxylic acids is 3. The van der Waals surface area contributed by atoms with E-state index in [0.29, 0.717) is 24.4 Å². The Morgan fingerprint density at radius 2 is 1.79 bits per heavy atom. The molecule has 0 spiro atoms. The van der Waals surface area contributed by atoms with Crippen molar-refractivity contribution in [3.05, 3.63) is 58.3 Å². The number of nitrogens with zero attached hydrogens (tertiary/aromatic N) is 2. The summed E-state index contributed by atoms with van der Waals surface area (Å²) in [7, 11) is 0. The first-order valence-electron chi connectivity index (χ1n) is 8.71. The molecule has 28 heavy (non-hydrogen) atoms. The molecule has 1 N–H and O–H groups in total. The predicted octanol–water partition coefficient (Wildman–Crippen LogP) is 2.09. The Bertz CT molecular complexity index is 906. The van der Waals surface area contributed by atoms with E-state index in [2.05, 4.69) is 5.32 Å². The highest BCUT2D eigenvalue weighted by molar-refractivity contribution is 6.31. The van der Waals surface area contributed by atoms with E-state index in [1.807, 2.05) is 0 Å². The van der Waals surface area contributed by atoms with Gasteiger partial charge in [-0.05, 0) is 31.2 Å². The van der Waals surface area contributed by atoms with Crippen molar-refractivity contribution in [3.8, 4) is 0 Å². The zero-order valence-corrected chi connectivity index (χ0v) is 16.0. The molecule has 1 saturated heterocycles. The number of hydrogen-bond acceptors (Lipinski definition) is 4. The Kier molecular flexibility index (Phi) is 5.99. The summed E-state index contributed by atoms with van der Waals surface area (Å²) in [5.74, 6) is -1.26. The van der Waals surface area contributed by atoms with Crippen LogP contribution in [0.15, 0.2) is 34.9 Å². The molecule has 1 aromatic heterocycles. The lowest BCUT2D eigenvalue weighted by molar-refractivity contribution is -0.131. The second-order valence-electron chi connectivity index (χ2n) is 6.37. The van der Waals surface area contributed by atoms with Crippen molar-refractivity contribution in [2.75, 3.05) is 32.7 Å². The molecule has 1 aliphatic heterocycles. The van der Waals surface area contributed by atoms with Gasteiger partial charge in [0.15, 0.2) is 0 Å². The molecule has 1 aliphatic rings. The Morgan fingerprint density at radius 1 is 1.11 bits per heavy atom. The molecule has 0 saturated carbocycles. The molecule has 1 aromatic carbocycles. The van der Waals surface area contributed by atoms with Crippen LogP contribution in [0.3, 0.4) is 0 Å². The third-order valence-electron chi connectivity index (χ3n) is 4.58. The summed E-state index contributed by atoms with van der Waals surface area (Å²) in [5, 5.41) is 2.84. The molecule has 2 aromatic rings. The van der Waals surface area contributed by atoms with Crippen LogP contribution in [-0.2, 0) is 4.79 Å². The lowest BCUT2D eigenvalue weighted by Gasteiger charge is -2.35. The Hall–Kier alpha value is -2.87. The fourth-order valence-electron chi connectivity index (χ4n) is 2.97. The fourth-order valence-corrected chi connectivity index (χ4v) is 3.15. The van der Waals surface area contributed by atoms with E-state index in [9.17, 15) is 18.8 Å². The molecular weight excluding hydrogens is 389 g/mol. The Balaban J connectivity index is 1.51. The van der Waals surface area contributed by atoms with Crippen LogP contribution in [0.25, 0.3) is 0 Å². The molecule has 0 atom stereocenters. The van der Waals surface area contributed by atoms with Gasteiger partial charge < -0.3 is 19.5 Å². The molecule has 9 heteroatoms. The predicted molar refractivity (Wildman–Crippen MR) is 99.7 cm³/mol. The number of piperazine rings is 1. The summed E-state index contributed by atoms with van der Waals surface area (Å²) in [4.78, 5) is 39.9. The fraction of sp³-hybridized carbons (Fsp3) is 0.316. The number of halogens is 2. The molecule has 0 unspecified atom stereocenters. The van der Waals surface area contributed by atoms with Gasteiger partial charge in [0.1, 0.15) is 11.6 Å². The SMILES string of the molecule is Cc1occc1C(=O)NCC(=O)N1CCN(C(=O)c2cc(Cl)ccc2F)CC1. The molecule has 7 nitrogen and oxygen atoms in total. The van der Waals surface area contributed by atoms with Crippen LogP contribution in [0.4, 0.5) is 4.39 Å². The average molecular weight is 408 g/mol. The molecule has 3 amide bonds. The molecule has 0 aliphatic carbocycles. The number of aryl methyl sites for hydroxylation is 1. The van der Waals surface area contributed by atoms with Crippen molar-refractivity contribution < 1.29 is 23.2 Å². The van der Waals surface area contributed by atoms with E-state index >= 15 is 0 Å². The van der Waals surface area contributed by atoms with Gasteiger partial charge >= 0.3 is 0 Å². The smallest absolute Gasteiger partial charge is 0.257 e. The molecule has 2 heterocycles. The topological polar surface area (TPSA) is 82.9 Å². The molecule has 0 radical (unpaired) electrons. The molecule has 3 rings (SSSR count). The van der Waals surface area contributed by atoms with Crippen molar-refractivity contribution in [2.45, 2.75) is 6.92 Å². The van der Waals surface area contributed by atoms with E-state index in [0.717, 1.165) is 6.07 Å². The summed E-state index contributed by atoms with van der Waals surface area (Å²) in [6, 6.07) is 5.36. The lowest BCUT2D eigenvalue weighted by atomic mass is 10.1. The number of hydrogen-bond donors (Lipinski definition) is 1. The second-order valence-corrected chi connectivity index (χ2v) is 6.81. The van der Waals surface area contributed by atoms with Gasteiger partial charge in [-0.3, -0.25) is 14.4 Å². The molecule has 148 valence electrons. The number of benzene rings is 1. The minimum Gasteiger partial charge on any atom is -0.469 e. The van der Waals surface area contributed by atoms with Crippen molar-refractivity contribution in [1.29, 1.82) is 0 Å². The first-order valence-corrected chi connectivity index (χ1v) is 9.09. The van der Waals surface area contributed by atoms with Gasteiger partial charge in [-0.15, -0.1) is 0 Å². The van der Waals surface area contributed by atoms with Gasteiger partial charge in [-0.2, -0.15) is 0 Å². The summed E-state index contributed by atoms with van der Waals surface area (Å²) < 4.78 is 18.9. The van der Waals surface area contributed by atoms with E-state index in [1.165, 1.54) is 29.4 Å². The first-order chi connectivity index (χ1) is 13.4. The maximum Gasteiger partial charge on any atom is 0.257 e. The van der Waals surface area contributed by atoms with E-state index in [1.54, 1.807) is 11.8 Å². The summed E-state index contributed by atoms with van der Waals surface area (Å²) >= 11 is 5.84. The summed E-state index contributed by atoms with van der Waals surface area (Å²) in [6.45, 7) is 2.65. The van der Waals surface area contributed by atoms with Crippen LogP contribution in [0, 0.1) is 12.7 Å². The van der Waals surface area contributed by atoms with Gasteiger partial charge in [0, 0.05) is 31.2 Å². The first kappa shape index (κ1) is 19.9. The van der Waals surface area contributed by atoms with Crippen LogP contribution < -0.4 is 5.32 Å². The quantitative estimate of drug-likeness (QED) is 0.841. The maximum absolute atomic E-state index is 13.9. The zero-order valence-electron chi connectivity index (χ0n) is 15.2. The van der Waals surface area contributed by atoms with Crippen LogP contribution in [-0.4, -0.2) is 60.2 Å². The van der Waals surface area contributed by atoms with Crippen LogP contribution in [0.2, 0.25) is 5.02 Å². The number of nitrogens with one attached hydrogen (secondary N) is 1. The number of rotatable bonds is 4. The van der Waals surface area contributed by atoms with Gasteiger partial charge in [0.2, 0.25) is 5.91 Å². The lowest BCUT2D eigenvalue weighted by Crippen LogP contribution is -2.52. The van der Waals surface area contributed by atoms with Gasteiger partial charge in [0.25, 0.3) is 11.8 Å². The van der Waals surface area contributed by atoms with Gasteiger partial charge in [-0.1, -0.05) is 11.6 Å². The minimum atomic E-state index is -0.634. The highest BCUT2D eigenvalue weighted by atomic mass is 35.5. The van der Waals surface area contributed by atoms with E-state index in [4.69, 9.17) is 16.0 Å². The minimum absolute atomic E-state index is 0.0879. The third-order valence-corrected chi connectivity index (χ3v) is 4.82. The number of carbonyl (C=O) groups is 3. The summed E-state index contributed by atoms with van der Waals surface area (Å²) in [5.41, 5.74) is 0.293. The van der Waals surface area contributed by atoms with Crippen molar-refractivity contribution in [2.24, 2.45) is 0 Å². The number of amides is 3. The van der Waals surface area contributed by atoms with Crippen molar-refractivity contribution in [3.63, 3.8) is 0 Å². The van der Waals surface area contributed by atoms with Crippen molar-refractivity contribution in [1.82, 2.24) is 15.1 Å². The second kappa shape index (κ2) is 8.43. The molecular formula is C19H19ClFN3O4. The largest absolute Gasteiger partial charge is 0.469 e. The monoisotopic (exact) mass is 407 g/mol. The third kappa shape index (κ3) is 4.33. The van der Waals surface area contributed by atoms with Gasteiger partial charge in [-0.25, -0.2) is 4.39 Å². The standard InChI is InChI=1S/C19H19ClFN3O4/c1-12-14(4-9-28-12)18(26)22-11-17(25)23-5-7-24(8-6-23)19(27)15-10-13(20)2-3-16(15)21/h2-4,9-10H,5-8,11H2,1H3,(H,22,26). The Labute approximate surface area is 166 Å². The molecule has 0 bridgehead atoms. The van der Waals surface area contributed by atoms with Crippen molar-refractivity contribution >= 4 is 29.3 Å². The van der Waals surface area contributed by atoms with Crippen LogP contribution >= 0.6 is 11.6 Å².